The van der Waals surface area contributed by atoms with Crippen LogP contribution in [0.25, 0.3) is 0 Å². The van der Waals surface area contributed by atoms with Gasteiger partial charge >= 0.3 is 0 Å². The predicted octanol–water partition coefficient (Wildman–Crippen LogP) is 3.23. The molecular weight excluding hydrogens is 278 g/mol. The van der Waals surface area contributed by atoms with E-state index in [0.29, 0.717) is 6.04 Å². The highest BCUT2D eigenvalue weighted by molar-refractivity contribution is 9.10. The van der Waals surface area contributed by atoms with E-state index in [1.165, 1.54) is 5.56 Å². The average molecular weight is 294 g/mol. The molecule has 0 aliphatic heterocycles. The van der Waals surface area contributed by atoms with Gasteiger partial charge in [-0.3, -0.25) is 4.68 Å². The first-order valence-corrected chi connectivity index (χ1v) is 6.42. The number of halogens is 1. The summed E-state index contributed by atoms with van der Waals surface area (Å²) in [6.45, 7) is 2.18. The summed E-state index contributed by atoms with van der Waals surface area (Å²) in [6.07, 6.45) is 4.83. The van der Waals surface area contributed by atoms with Gasteiger partial charge in [-0.05, 0) is 31.0 Å². The number of nitrogens with one attached hydrogen (secondary N) is 1. The summed E-state index contributed by atoms with van der Waals surface area (Å²) in [5.41, 5.74) is 2.40. The van der Waals surface area contributed by atoms with Gasteiger partial charge in [-0.25, -0.2) is 0 Å². The first-order chi connectivity index (χ1) is 8.13. The highest BCUT2D eigenvalue weighted by Gasteiger charge is 2.04. The molecule has 3 nitrogen and oxygen atoms in total. The fourth-order valence-electron chi connectivity index (χ4n) is 1.81. The third-order valence-electron chi connectivity index (χ3n) is 2.57. The largest absolute Gasteiger partial charge is 0.380 e. The van der Waals surface area contributed by atoms with Crippen molar-refractivity contribution in [2.45, 2.75) is 19.4 Å². The topological polar surface area (TPSA) is 29.9 Å². The van der Waals surface area contributed by atoms with Gasteiger partial charge in [0.1, 0.15) is 0 Å². The highest BCUT2D eigenvalue weighted by atomic mass is 79.9. The minimum absolute atomic E-state index is 0.389. The third-order valence-corrected chi connectivity index (χ3v) is 3.10. The van der Waals surface area contributed by atoms with Crippen LogP contribution < -0.4 is 5.32 Å². The molecule has 0 amide bonds. The first-order valence-electron chi connectivity index (χ1n) is 5.63. The summed E-state index contributed by atoms with van der Waals surface area (Å²) in [6, 6.07) is 8.83. The molecule has 1 heterocycles. The molecule has 0 fully saturated rings. The maximum atomic E-state index is 4.14. The van der Waals surface area contributed by atoms with E-state index in [1.807, 2.05) is 19.4 Å². The minimum Gasteiger partial charge on any atom is -0.380 e. The van der Waals surface area contributed by atoms with Gasteiger partial charge < -0.3 is 5.32 Å². The molecule has 90 valence electrons. The standard InChI is InChI=1S/C13H16BrN3/c1-10(16-13-8-15-17(2)9-13)7-11-3-5-12(14)6-4-11/h3-6,8-10,16H,7H2,1-2H3. The van der Waals surface area contributed by atoms with Crippen molar-refractivity contribution in [3.8, 4) is 0 Å². The number of hydrogen-bond acceptors (Lipinski definition) is 2. The fraction of sp³-hybridized carbons (Fsp3) is 0.308. The van der Waals surface area contributed by atoms with E-state index in [1.54, 1.807) is 4.68 Å². The maximum absolute atomic E-state index is 4.14. The Balaban J connectivity index is 1.93. The Labute approximate surface area is 110 Å². The number of aromatic nitrogens is 2. The molecule has 2 rings (SSSR count). The Bertz CT molecular complexity index is 476. The third kappa shape index (κ3) is 3.60. The number of benzene rings is 1. The van der Waals surface area contributed by atoms with E-state index in [0.717, 1.165) is 16.6 Å². The average Bonchev–Trinajstić information content (AvgIpc) is 2.67. The molecule has 2 aromatic rings. The van der Waals surface area contributed by atoms with Crippen LogP contribution in [0.5, 0.6) is 0 Å². The molecule has 17 heavy (non-hydrogen) atoms. The van der Waals surface area contributed by atoms with E-state index in [9.17, 15) is 0 Å². The maximum Gasteiger partial charge on any atom is 0.0728 e. The number of anilines is 1. The van der Waals surface area contributed by atoms with E-state index < -0.39 is 0 Å². The summed E-state index contributed by atoms with van der Waals surface area (Å²) in [5, 5.41) is 7.57. The molecule has 1 N–H and O–H groups in total. The van der Waals surface area contributed by atoms with E-state index in [-0.39, 0.29) is 0 Å². The van der Waals surface area contributed by atoms with Gasteiger partial charge in [-0.1, -0.05) is 28.1 Å². The quantitative estimate of drug-likeness (QED) is 0.938. The van der Waals surface area contributed by atoms with Gasteiger partial charge in [0.05, 0.1) is 11.9 Å². The van der Waals surface area contributed by atoms with Crippen LogP contribution >= 0.6 is 15.9 Å². The van der Waals surface area contributed by atoms with Gasteiger partial charge in [-0.15, -0.1) is 0 Å². The summed E-state index contributed by atoms with van der Waals surface area (Å²) >= 11 is 3.44. The molecule has 0 saturated carbocycles. The zero-order chi connectivity index (χ0) is 12.3. The minimum atomic E-state index is 0.389. The molecule has 1 aromatic heterocycles. The molecule has 1 atom stereocenters. The predicted molar refractivity (Wildman–Crippen MR) is 74.1 cm³/mol. The van der Waals surface area contributed by atoms with Crippen molar-refractivity contribution in [3.05, 3.63) is 46.7 Å². The van der Waals surface area contributed by atoms with Crippen molar-refractivity contribution in [1.29, 1.82) is 0 Å². The Morgan fingerprint density at radius 1 is 1.35 bits per heavy atom. The van der Waals surface area contributed by atoms with Crippen molar-refractivity contribution >= 4 is 21.6 Å². The summed E-state index contributed by atoms with van der Waals surface area (Å²) in [5.74, 6) is 0. The molecule has 0 aliphatic rings. The summed E-state index contributed by atoms with van der Waals surface area (Å²) in [7, 11) is 1.92. The lowest BCUT2D eigenvalue weighted by atomic mass is 10.1. The zero-order valence-electron chi connectivity index (χ0n) is 10.0. The van der Waals surface area contributed by atoms with Crippen LogP contribution in [0.15, 0.2) is 41.1 Å². The second-order valence-corrected chi connectivity index (χ2v) is 5.19. The van der Waals surface area contributed by atoms with Crippen LogP contribution in [0.1, 0.15) is 12.5 Å². The Morgan fingerprint density at radius 3 is 2.65 bits per heavy atom. The first kappa shape index (κ1) is 12.2. The molecule has 0 radical (unpaired) electrons. The molecule has 4 heteroatoms. The van der Waals surface area contributed by atoms with Crippen LogP contribution in [0.3, 0.4) is 0 Å². The van der Waals surface area contributed by atoms with Crippen molar-refractivity contribution in [2.75, 3.05) is 5.32 Å². The molecule has 0 aliphatic carbocycles. The van der Waals surface area contributed by atoms with Gasteiger partial charge in [0.15, 0.2) is 0 Å². The lowest BCUT2D eigenvalue weighted by molar-refractivity contribution is 0.766. The smallest absolute Gasteiger partial charge is 0.0728 e. The van der Waals surface area contributed by atoms with Crippen molar-refractivity contribution in [3.63, 3.8) is 0 Å². The Hall–Kier alpha value is -1.29. The van der Waals surface area contributed by atoms with Gasteiger partial charge in [0.25, 0.3) is 0 Å². The van der Waals surface area contributed by atoms with E-state index >= 15 is 0 Å². The number of aryl methyl sites for hydroxylation is 1. The molecular formula is C13H16BrN3. The lowest BCUT2D eigenvalue weighted by Crippen LogP contribution is -2.17. The van der Waals surface area contributed by atoms with E-state index in [2.05, 4.69) is 57.5 Å². The SMILES string of the molecule is CC(Cc1ccc(Br)cc1)Nc1cnn(C)c1. The number of rotatable bonds is 4. The number of nitrogens with zero attached hydrogens (tertiary/aromatic N) is 2. The Kier molecular flexibility index (Phi) is 3.84. The highest BCUT2D eigenvalue weighted by Crippen LogP contribution is 2.13. The van der Waals surface area contributed by atoms with Crippen LogP contribution in [0.4, 0.5) is 5.69 Å². The van der Waals surface area contributed by atoms with Crippen molar-refractivity contribution < 1.29 is 0 Å². The van der Waals surface area contributed by atoms with Crippen molar-refractivity contribution in [1.82, 2.24) is 9.78 Å². The molecule has 0 bridgehead atoms. The molecule has 0 saturated heterocycles. The van der Waals surface area contributed by atoms with Crippen molar-refractivity contribution in [2.24, 2.45) is 7.05 Å². The summed E-state index contributed by atoms with van der Waals surface area (Å²) in [4.78, 5) is 0. The lowest BCUT2D eigenvalue weighted by Gasteiger charge is -2.13. The summed E-state index contributed by atoms with van der Waals surface area (Å²) < 4.78 is 2.92. The van der Waals surface area contributed by atoms with E-state index in [4.69, 9.17) is 0 Å². The zero-order valence-corrected chi connectivity index (χ0v) is 11.6. The van der Waals surface area contributed by atoms with Crippen LogP contribution in [0.2, 0.25) is 0 Å². The second-order valence-electron chi connectivity index (χ2n) is 4.28. The van der Waals surface area contributed by atoms with Crippen LogP contribution in [-0.4, -0.2) is 15.8 Å². The normalized spacial score (nSPS) is 12.4. The molecule has 0 spiro atoms. The fourth-order valence-corrected chi connectivity index (χ4v) is 2.07. The van der Waals surface area contributed by atoms with Crippen LogP contribution in [-0.2, 0) is 13.5 Å². The number of hydrogen-bond donors (Lipinski definition) is 1. The second kappa shape index (κ2) is 5.36. The van der Waals surface area contributed by atoms with Gasteiger partial charge in [0, 0.05) is 23.8 Å². The Morgan fingerprint density at radius 2 is 2.06 bits per heavy atom. The van der Waals surface area contributed by atoms with Gasteiger partial charge in [0.2, 0.25) is 0 Å². The molecule has 1 unspecified atom stereocenters. The monoisotopic (exact) mass is 293 g/mol. The van der Waals surface area contributed by atoms with Gasteiger partial charge in [-0.2, -0.15) is 5.10 Å². The molecule has 1 aromatic carbocycles. The van der Waals surface area contributed by atoms with Crippen LogP contribution in [0, 0.1) is 0 Å².